The first-order valence-electron chi connectivity index (χ1n) is 8.38. The van der Waals surface area contributed by atoms with Gasteiger partial charge in [-0.2, -0.15) is 0 Å². The minimum Gasteiger partial charge on any atom is -0.465 e. The first-order valence-corrected chi connectivity index (χ1v) is 8.38. The molecule has 1 aliphatic rings. The van der Waals surface area contributed by atoms with Crippen LogP contribution in [-0.4, -0.2) is 71.6 Å². The van der Waals surface area contributed by atoms with Crippen molar-refractivity contribution in [3.05, 3.63) is 47.7 Å². The first-order chi connectivity index (χ1) is 13.1. The molecule has 0 bridgehead atoms. The molecule has 1 aromatic carbocycles. The Hall–Kier alpha value is -3.49. The van der Waals surface area contributed by atoms with Gasteiger partial charge in [0.1, 0.15) is 0 Å². The second kappa shape index (κ2) is 8.26. The smallest absolute Gasteiger partial charge is 0.337 e. The van der Waals surface area contributed by atoms with Gasteiger partial charge < -0.3 is 19.9 Å². The third kappa shape index (κ3) is 4.38. The predicted molar refractivity (Wildman–Crippen MR) is 96.6 cm³/mol. The van der Waals surface area contributed by atoms with Crippen molar-refractivity contribution in [2.24, 2.45) is 0 Å². The first kappa shape index (κ1) is 18.3. The fourth-order valence-electron chi connectivity index (χ4n) is 2.66. The van der Waals surface area contributed by atoms with Crippen molar-refractivity contribution < 1.29 is 19.1 Å². The van der Waals surface area contributed by atoms with Crippen LogP contribution in [0.1, 0.15) is 20.8 Å². The Kier molecular flexibility index (Phi) is 5.60. The Morgan fingerprint density at radius 1 is 1.04 bits per heavy atom. The summed E-state index contributed by atoms with van der Waals surface area (Å²) in [6.45, 7) is 1.99. The highest BCUT2D eigenvalue weighted by molar-refractivity contribution is 5.92. The Morgan fingerprint density at radius 2 is 1.74 bits per heavy atom. The zero-order valence-electron chi connectivity index (χ0n) is 14.8. The number of rotatable bonds is 5. The molecular formula is C18H19N5O4. The van der Waals surface area contributed by atoms with E-state index in [4.69, 9.17) is 0 Å². The molecule has 140 valence electrons. The van der Waals surface area contributed by atoms with Crippen molar-refractivity contribution >= 4 is 29.8 Å². The highest BCUT2D eigenvalue weighted by Crippen LogP contribution is 2.16. The van der Waals surface area contributed by atoms with Crippen LogP contribution in [0.5, 0.6) is 0 Å². The molecule has 0 aliphatic carbocycles. The summed E-state index contributed by atoms with van der Waals surface area (Å²) in [5, 5.41) is 11.1. The van der Waals surface area contributed by atoms with Crippen LogP contribution in [0.3, 0.4) is 0 Å². The van der Waals surface area contributed by atoms with Crippen LogP contribution >= 0.6 is 0 Å². The van der Waals surface area contributed by atoms with Crippen LogP contribution < -0.4 is 5.32 Å². The molecule has 0 unspecified atom stereocenters. The van der Waals surface area contributed by atoms with Crippen LogP contribution in [0.2, 0.25) is 0 Å². The summed E-state index contributed by atoms with van der Waals surface area (Å²) in [6, 6.07) is 9.98. The standard InChI is InChI=1S/C18H19N5O4/c1-27-18(26)13-2-4-14(5-3-13)19-16-7-6-15(20-21-16)17(25)23-10-8-22(12-24)9-11-23/h2-7,12H,8-11H2,1H3,(H,19,21). The highest BCUT2D eigenvalue weighted by atomic mass is 16.5. The van der Waals surface area contributed by atoms with Gasteiger partial charge in [-0.15, -0.1) is 10.2 Å². The molecule has 2 heterocycles. The summed E-state index contributed by atoms with van der Waals surface area (Å²) in [6.07, 6.45) is 0.791. The Bertz CT molecular complexity index is 815. The number of methoxy groups -OCH3 is 1. The zero-order chi connectivity index (χ0) is 19.2. The van der Waals surface area contributed by atoms with Gasteiger partial charge in [0, 0.05) is 31.9 Å². The van der Waals surface area contributed by atoms with Crippen LogP contribution in [0.15, 0.2) is 36.4 Å². The number of carbonyl (C=O) groups excluding carboxylic acids is 3. The minimum absolute atomic E-state index is 0.206. The fourth-order valence-corrected chi connectivity index (χ4v) is 2.66. The summed E-state index contributed by atoms with van der Waals surface area (Å²) in [7, 11) is 1.33. The van der Waals surface area contributed by atoms with E-state index >= 15 is 0 Å². The second-order valence-corrected chi connectivity index (χ2v) is 5.93. The molecule has 9 nitrogen and oxygen atoms in total. The summed E-state index contributed by atoms with van der Waals surface area (Å²) in [5.41, 5.74) is 1.42. The summed E-state index contributed by atoms with van der Waals surface area (Å²) < 4.78 is 4.65. The number of anilines is 2. The molecule has 1 saturated heterocycles. The molecule has 0 spiro atoms. The van der Waals surface area contributed by atoms with Gasteiger partial charge in [0.05, 0.1) is 12.7 Å². The van der Waals surface area contributed by atoms with Crippen molar-refractivity contribution in [3.63, 3.8) is 0 Å². The fraction of sp³-hybridized carbons (Fsp3) is 0.278. The van der Waals surface area contributed by atoms with E-state index in [1.165, 1.54) is 7.11 Å². The molecule has 27 heavy (non-hydrogen) atoms. The van der Waals surface area contributed by atoms with Gasteiger partial charge in [-0.3, -0.25) is 9.59 Å². The molecule has 2 amide bonds. The molecule has 0 saturated carbocycles. The molecule has 1 aliphatic heterocycles. The van der Waals surface area contributed by atoms with E-state index in [2.05, 4.69) is 20.3 Å². The maximum atomic E-state index is 12.4. The molecule has 3 rings (SSSR count). The maximum absolute atomic E-state index is 12.4. The second-order valence-electron chi connectivity index (χ2n) is 5.93. The van der Waals surface area contributed by atoms with E-state index in [9.17, 15) is 14.4 Å². The third-order valence-corrected chi connectivity index (χ3v) is 4.21. The van der Waals surface area contributed by atoms with E-state index in [-0.39, 0.29) is 11.6 Å². The summed E-state index contributed by atoms with van der Waals surface area (Å²) >= 11 is 0. The Morgan fingerprint density at radius 3 is 2.30 bits per heavy atom. The number of hydrogen-bond acceptors (Lipinski definition) is 7. The van der Waals surface area contributed by atoms with E-state index in [0.717, 1.165) is 12.1 Å². The lowest BCUT2D eigenvalue weighted by Gasteiger charge is -2.32. The maximum Gasteiger partial charge on any atom is 0.337 e. The van der Waals surface area contributed by atoms with Gasteiger partial charge >= 0.3 is 5.97 Å². The molecule has 9 heteroatoms. The predicted octanol–water partition coefficient (Wildman–Crippen LogP) is 0.921. The number of benzene rings is 1. The van der Waals surface area contributed by atoms with Gasteiger partial charge in [-0.05, 0) is 36.4 Å². The Labute approximate surface area is 155 Å². The summed E-state index contributed by atoms with van der Waals surface area (Å²) in [4.78, 5) is 37.9. The number of hydrogen-bond donors (Lipinski definition) is 1. The van der Waals surface area contributed by atoms with Crippen molar-refractivity contribution in [1.29, 1.82) is 0 Å². The molecule has 0 atom stereocenters. The van der Waals surface area contributed by atoms with Crippen LogP contribution in [-0.2, 0) is 9.53 Å². The molecule has 0 radical (unpaired) electrons. The molecule has 1 fully saturated rings. The van der Waals surface area contributed by atoms with Gasteiger partial charge in [0.15, 0.2) is 11.5 Å². The average molecular weight is 369 g/mol. The van der Waals surface area contributed by atoms with Crippen LogP contribution in [0, 0.1) is 0 Å². The largest absolute Gasteiger partial charge is 0.465 e. The van der Waals surface area contributed by atoms with Crippen molar-refractivity contribution in [2.75, 3.05) is 38.6 Å². The molecule has 2 aromatic rings. The van der Waals surface area contributed by atoms with Gasteiger partial charge in [-0.25, -0.2) is 4.79 Å². The van der Waals surface area contributed by atoms with E-state index in [1.54, 1.807) is 46.2 Å². The molecular weight excluding hydrogens is 350 g/mol. The third-order valence-electron chi connectivity index (χ3n) is 4.21. The minimum atomic E-state index is -0.404. The number of nitrogens with one attached hydrogen (secondary N) is 1. The number of ether oxygens (including phenoxy) is 1. The SMILES string of the molecule is COC(=O)c1ccc(Nc2ccc(C(=O)N3CCN(C=O)CC3)nn2)cc1. The average Bonchev–Trinajstić information content (AvgIpc) is 2.74. The van der Waals surface area contributed by atoms with E-state index < -0.39 is 5.97 Å². The van der Waals surface area contributed by atoms with Gasteiger partial charge in [0.25, 0.3) is 5.91 Å². The monoisotopic (exact) mass is 369 g/mol. The summed E-state index contributed by atoms with van der Waals surface area (Å²) in [5.74, 6) is -0.136. The normalized spacial score (nSPS) is 13.8. The highest BCUT2D eigenvalue weighted by Gasteiger charge is 2.22. The molecule has 1 aromatic heterocycles. The van der Waals surface area contributed by atoms with E-state index in [1.807, 2.05) is 0 Å². The van der Waals surface area contributed by atoms with Gasteiger partial charge in [-0.1, -0.05) is 0 Å². The lowest BCUT2D eigenvalue weighted by atomic mass is 10.2. The van der Waals surface area contributed by atoms with Crippen LogP contribution in [0.25, 0.3) is 0 Å². The number of nitrogens with zero attached hydrogens (tertiary/aromatic N) is 4. The Balaban J connectivity index is 1.61. The van der Waals surface area contributed by atoms with Crippen molar-refractivity contribution in [3.8, 4) is 0 Å². The van der Waals surface area contributed by atoms with Gasteiger partial charge in [0.2, 0.25) is 6.41 Å². The number of piperazine rings is 1. The lowest BCUT2D eigenvalue weighted by molar-refractivity contribution is -0.119. The quantitative estimate of drug-likeness (QED) is 0.617. The number of amides is 2. The topological polar surface area (TPSA) is 105 Å². The molecule has 1 N–H and O–H groups in total. The van der Waals surface area contributed by atoms with E-state index in [0.29, 0.717) is 37.6 Å². The lowest BCUT2D eigenvalue weighted by Crippen LogP contribution is -2.48. The number of esters is 1. The zero-order valence-corrected chi connectivity index (χ0v) is 14.8. The van der Waals surface area contributed by atoms with Crippen molar-refractivity contribution in [1.82, 2.24) is 20.0 Å². The number of aromatic nitrogens is 2. The number of carbonyl (C=O) groups is 3. The van der Waals surface area contributed by atoms with Crippen molar-refractivity contribution in [2.45, 2.75) is 0 Å². The van der Waals surface area contributed by atoms with Crippen LogP contribution in [0.4, 0.5) is 11.5 Å².